The van der Waals surface area contributed by atoms with Crippen molar-refractivity contribution in [2.75, 3.05) is 25.0 Å². The Bertz CT molecular complexity index is 929. The molecule has 5 heteroatoms. The normalized spacial score (nSPS) is 19.8. The lowest BCUT2D eigenvalue weighted by molar-refractivity contribution is 0.0403. The summed E-state index contributed by atoms with van der Waals surface area (Å²) in [4.78, 5) is 19.0. The van der Waals surface area contributed by atoms with Crippen LogP contribution in [0.4, 0.5) is 10.2 Å². The van der Waals surface area contributed by atoms with Crippen molar-refractivity contribution in [1.29, 1.82) is 0 Å². The van der Waals surface area contributed by atoms with E-state index in [1.807, 2.05) is 0 Å². The maximum atomic E-state index is 15.3. The number of halogens is 1. The Labute approximate surface area is 158 Å². The molecule has 1 spiro atoms. The lowest BCUT2D eigenvalue weighted by atomic mass is 9.88. The van der Waals surface area contributed by atoms with E-state index in [0.29, 0.717) is 17.4 Å². The zero-order chi connectivity index (χ0) is 18.8. The first-order valence-electron chi connectivity index (χ1n) is 9.81. The van der Waals surface area contributed by atoms with Crippen molar-refractivity contribution in [2.45, 2.75) is 32.1 Å². The van der Waals surface area contributed by atoms with Gasteiger partial charge in [-0.1, -0.05) is 26.0 Å². The van der Waals surface area contributed by atoms with Crippen molar-refractivity contribution in [1.82, 2.24) is 9.88 Å². The van der Waals surface area contributed by atoms with E-state index in [9.17, 15) is 4.79 Å². The van der Waals surface area contributed by atoms with Gasteiger partial charge in [-0.05, 0) is 36.8 Å². The molecule has 1 aromatic heterocycles. The van der Waals surface area contributed by atoms with Gasteiger partial charge in [0.1, 0.15) is 11.6 Å². The second-order valence-electron chi connectivity index (χ2n) is 8.64. The van der Waals surface area contributed by atoms with Gasteiger partial charge in [-0.2, -0.15) is 0 Å². The van der Waals surface area contributed by atoms with Crippen molar-refractivity contribution in [3.8, 4) is 11.1 Å². The van der Waals surface area contributed by atoms with Crippen molar-refractivity contribution < 1.29 is 9.18 Å². The molecular weight excluding hydrogens is 341 g/mol. The molecule has 1 saturated carbocycles. The molecule has 27 heavy (non-hydrogen) atoms. The van der Waals surface area contributed by atoms with Gasteiger partial charge in [-0.25, -0.2) is 9.37 Å². The zero-order valence-electron chi connectivity index (χ0n) is 15.8. The summed E-state index contributed by atoms with van der Waals surface area (Å²) in [7, 11) is 0. The standard InChI is InChI=1S/C22H24FN3O/c1-13(2)15-10-26(11-15)21(27)17-5-3-4-16(19(17)23)14-8-18-20(24-9-14)25-12-22(18)6-7-22/h3-5,8-9,13,15H,6-7,10-12H2,1-2H3,(H,24,25). The molecule has 1 aliphatic carbocycles. The van der Waals surface area contributed by atoms with Crippen LogP contribution in [0.5, 0.6) is 0 Å². The predicted octanol–water partition coefficient (Wildman–Crippen LogP) is 4.07. The third-order valence-corrected chi connectivity index (χ3v) is 6.59. The predicted molar refractivity (Wildman–Crippen MR) is 103 cm³/mol. The van der Waals surface area contributed by atoms with Crippen LogP contribution in [0.15, 0.2) is 30.5 Å². The number of fused-ring (bicyclic) bond motifs is 2. The van der Waals surface area contributed by atoms with E-state index >= 15 is 4.39 Å². The van der Waals surface area contributed by atoms with Crippen LogP contribution in [-0.4, -0.2) is 35.4 Å². The minimum absolute atomic E-state index is 0.162. The number of hydrogen-bond donors (Lipinski definition) is 1. The van der Waals surface area contributed by atoms with Crippen LogP contribution in [0, 0.1) is 17.7 Å². The molecule has 4 nitrogen and oxygen atoms in total. The minimum atomic E-state index is -0.437. The molecule has 1 saturated heterocycles. The van der Waals surface area contributed by atoms with E-state index in [-0.39, 0.29) is 16.9 Å². The molecule has 1 amide bonds. The highest BCUT2D eigenvalue weighted by Gasteiger charge is 2.49. The number of hydrogen-bond acceptors (Lipinski definition) is 3. The van der Waals surface area contributed by atoms with Crippen LogP contribution in [-0.2, 0) is 5.41 Å². The molecule has 2 fully saturated rings. The van der Waals surface area contributed by atoms with E-state index in [1.165, 1.54) is 5.56 Å². The third kappa shape index (κ3) is 2.55. The Morgan fingerprint density at radius 1 is 1.33 bits per heavy atom. The number of carbonyl (C=O) groups is 1. The lowest BCUT2D eigenvalue weighted by Gasteiger charge is -2.41. The first kappa shape index (κ1) is 16.7. The first-order chi connectivity index (χ1) is 13.0. The second kappa shape index (κ2) is 5.78. The van der Waals surface area contributed by atoms with Gasteiger partial charge in [0.15, 0.2) is 0 Å². The summed E-state index contributed by atoms with van der Waals surface area (Å²) in [5.74, 6) is 1.34. The number of nitrogens with one attached hydrogen (secondary N) is 1. The molecule has 0 unspecified atom stereocenters. The maximum absolute atomic E-state index is 15.3. The lowest BCUT2D eigenvalue weighted by Crippen LogP contribution is -2.52. The first-order valence-corrected chi connectivity index (χ1v) is 9.81. The summed E-state index contributed by atoms with van der Waals surface area (Å²) in [6.45, 7) is 6.68. The van der Waals surface area contributed by atoms with Crippen LogP contribution in [0.25, 0.3) is 11.1 Å². The molecule has 1 N–H and O–H groups in total. The minimum Gasteiger partial charge on any atom is -0.369 e. The summed E-state index contributed by atoms with van der Waals surface area (Å²) < 4.78 is 15.3. The van der Waals surface area contributed by atoms with Crippen LogP contribution in [0.3, 0.4) is 0 Å². The fraction of sp³-hybridized carbons (Fsp3) is 0.455. The van der Waals surface area contributed by atoms with Crippen molar-refractivity contribution in [3.63, 3.8) is 0 Å². The number of anilines is 1. The monoisotopic (exact) mass is 365 g/mol. The SMILES string of the molecule is CC(C)C1CN(C(=O)c2cccc(-c3cnc4c(c3)C3(CC3)CN4)c2F)C1. The van der Waals surface area contributed by atoms with Gasteiger partial charge >= 0.3 is 0 Å². The Balaban J connectivity index is 1.45. The topological polar surface area (TPSA) is 45.2 Å². The highest BCUT2D eigenvalue weighted by Crippen LogP contribution is 2.54. The molecule has 2 aromatic rings. The van der Waals surface area contributed by atoms with Crippen LogP contribution in [0.1, 0.15) is 42.6 Å². The largest absolute Gasteiger partial charge is 0.369 e. The number of likely N-dealkylation sites (tertiary alicyclic amines) is 1. The van der Waals surface area contributed by atoms with E-state index in [2.05, 4.69) is 30.2 Å². The number of carbonyl (C=O) groups excluding carboxylic acids is 1. The average Bonchev–Trinajstić information content (AvgIpc) is 3.30. The molecule has 1 aromatic carbocycles. The Morgan fingerprint density at radius 3 is 2.81 bits per heavy atom. The maximum Gasteiger partial charge on any atom is 0.256 e. The Hall–Kier alpha value is -2.43. The number of rotatable bonds is 3. The van der Waals surface area contributed by atoms with Crippen molar-refractivity contribution >= 4 is 11.7 Å². The summed E-state index contributed by atoms with van der Waals surface area (Å²) >= 11 is 0. The van der Waals surface area contributed by atoms with Gasteiger partial charge in [-0.3, -0.25) is 4.79 Å². The van der Waals surface area contributed by atoms with Crippen LogP contribution >= 0.6 is 0 Å². The zero-order valence-corrected chi connectivity index (χ0v) is 15.8. The summed E-state index contributed by atoms with van der Waals surface area (Å²) in [5.41, 5.74) is 2.76. The smallest absolute Gasteiger partial charge is 0.256 e. The number of nitrogens with zero attached hydrogens (tertiary/aromatic N) is 2. The van der Waals surface area contributed by atoms with Gasteiger partial charge < -0.3 is 10.2 Å². The number of aromatic nitrogens is 1. The molecule has 0 bridgehead atoms. The molecule has 0 radical (unpaired) electrons. The number of benzene rings is 1. The quantitative estimate of drug-likeness (QED) is 0.892. The molecule has 2 aliphatic heterocycles. The van der Waals surface area contributed by atoms with Gasteiger partial charge in [0.05, 0.1) is 5.56 Å². The second-order valence-corrected chi connectivity index (χ2v) is 8.64. The van der Waals surface area contributed by atoms with E-state index in [4.69, 9.17) is 0 Å². The van der Waals surface area contributed by atoms with Crippen molar-refractivity contribution in [2.24, 2.45) is 11.8 Å². The van der Waals surface area contributed by atoms with Crippen LogP contribution < -0.4 is 5.32 Å². The molecule has 140 valence electrons. The highest BCUT2D eigenvalue weighted by molar-refractivity contribution is 5.96. The average molecular weight is 365 g/mol. The molecular formula is C22H24FN3O. The summed E-state index contributed by atoms with van der Waals surface area (Å²) in [5, 5.41) is 3.35. The van der Waals surface area contributed by atoms with Gasteiger partial charge in [0, 0.05) is 47.9 Å². The molecule has 5 rings (SSSR count). The van der Waals surface area contributed by atoms with Gasteiger partial charge in [0.2, 0.25) is 0 Å². The van der Waals surface area contributed by atoms with E-state index in [1.54, 1.807) is 29.3 Å². The highest BCUT2D eigenvalue weighted by atomic mass is 19.1. The Morgan fingerprint density at radius 2 is 2.11 bits per heavy atom. The molecule has 3 aliphatic rings. The fourth-order valence-corrected chi connectivity index (χ4v) is 4.29. The molecule has 3 heterocycles. The van der Waals surface area contributed by atoms with Gasteiger partial charge in [0.25, 0.3) is 5.91 Å². The molecule has 0 atom stereocenters. The Kier molecular flexibility index (Phi) is 3.58. The van der Waals surface area contributed by atoms with Crippen molar-refractivity contribution in [3.05, 3.63) is 47.4 Å². The fourth-order valence-electron chi connectivity index (χ4n) is 4.29. The number of amides is 1. The van der Waals surface area contributed by atoms with E-state index in [0.717, 1.165) is 43.9 Å². The van der Waals surface area contributed by atoms with Gasteiger partial charge in [-0.15, -0.1) is 0 Å². The summed E-state index contributed by atoms with van der Waals surface area (Å²) in [6.07, 6.45) is 4.02. The van der Waals surface area contributed by atoms with Crippen LogP contribution in [0.2, 0.25) is 0 Å². The third-order valence-electron chi connectivity index (χ3n) is 6.59. The summed E-state index contributed by atoms with van der Waals surface area (Å²) in [6, 6.07) is 7.16. The number of pyridine rings is 1. The van der Waals surface area contributed by atoms with E-state index < -0.39 is 5.82 Å².